The molecule has 1 aromatic heterocycles. The summed E-state index contributed by atoms with van der Waals surface area (Å²) in [5, 5.41) is 3.32. The predicted molar refractivity (Wildman–Crippen MR) is 83.8 cm³/mol. The molecule has 1 amide bonds. The average molecular weight is 349 g/mol. The number of nitrogens with zero attached hydrogens (tertiary/aromatic N) is 3. The molecule has 8 heteroatoms. The molecule has 5 nitrogen and oxygen atoms in total. The maximum atomic E-state index is 12.5. The molecule has 0 saturated heterocycles. The highest BCUT2D eigenvalue weighted by Crippen LogP contribution is 2.29. The first kappa shape index (κ1) is 18.3. The lowest BCUT2D eigenvalue weighted by atomic mass is 10.1. The van der Waals surface area contributed by atoms with Crippen molar-refractivity contribution in [2.45, 2.75) is 19.6 Å². The van der Waals surface area contributed by atoms with Crippen molar-refractivity contribution < 1.29 is 22.5 Å². The normalized spacial score (nSPS) is 11.0. The number of terminal acetylenes is 1. The van der Waals surface area contributed by atoms with Gasteiger partial charge in [0.1, 0.15) is 0 Å². The van der Waals surface area contributed by atoms with Crippen molar-refractivity contribution in [1.82, 2.24) is 15.0 Å². The molecule has 1 aromatic carbocycles. The lowest BCUT2D eigenvalue weighted by Crippen LogP contribution is -2.31. The van der Waals surface area contributed by atoms with E-state index in [2.05, 4.69) is 27.2 Å². The Morgan fingerprint density at radius 3 is 2.48 bits per heavy atom. The third kappa shape index (κ3) is 4.47. The van der Waals surface area contributed by atoms with Crippen LogP contribution in [0.2, 0.25) is 0 Å². The van der Waals surface area contributed by atoms with Crippen molar-refractivity contribution in [3.8, 4) is 23.7 Å². The number of carbonyl (C=O) groups excluding carboxylic acids is 1. The minimum Gasteiger partial charge on any atom is -0.329 e. The Kier molecular flexibility index (Phi) is 5.27. The molecule has 0 atom stereocenters. The number of halogens is 3. The average Bonchev–Trinajstić information content (AvgIpc) is 3.04. The fourth-order valence-corrected chi connectivity index (χ4v) is 2.02. The summed E-state index contributed by atoms with van der Waals surface area (Å²) in [6.07, 6.45) is 0.576. The lowest BCUT2D eigenvalue weighted by molar-refractivity contribution is -0.159. The van der Waals surface area contributed by atoms with Crippen LogP contribution in [-0.2, 0) is 17.5 Å². The Morgan fingerprint density at radius 1 is 1.36 bits per heavy atom. The van der Waals surface area contributed by atoms with Gasteiger partial charge in [-0.05, 0) is 12.5 Å². The molecule has 0 unspecified atom stereocenters. The largest absolute Gasteiger partial charge is 0.471 e. The van der Waals surface area contributed by atoms with Crippen molar-refractivity contribution in [3.63, 3.8) is 0 Å². The summed E-state index contributed by atoms with van der Waals surface area (Å²) in [6.45, 7) is 5.55. The van der Waals surface area contributed by atoms with Crippen molar-refractivity contribution in [2.75, 3.05) is 6.54 Å². The van der Waals surface area contributed by atoms with Crippen LogP contribution in [0.4, 0.5) is 13.2 Å². The minimum absolute atomic E-state index is 0.118. The van der Waals surface area contributed by atoms with Gasteiger partial charge in [-0.2, -0.15) is 18.2 Å². The SMILES string of the molecule is C#CCN(Cc1ccc(-c2noc(C(F)(F)F)n2)cc1)C(=O)C(=C)C. The van der Waals surface area contributed by atoms with Gasteiger partial charge in [0.15, 0.2) is 0 Å². The first-order chi connectivity index (χ1) is 11.7. The molecule has 0 saturated carbocycles. The summed E-state index contributed by atoms with van der Waals surface area (Å²) in [4.78, 5) is 16.8. The number of benzene rings is 1. The summed E-state index contributed by atoms with van der Waals surface area (Å²) in [7, 11) is 0. The topological polar surface area (TPSA) is 59.2 Å². The van der Waals surface area contributed by atoms with Crippen molar-refractivity contribution in [1.29, 1.82) is 0 Å². The zero-order valence-electron chi connectivity index (χ0n) is 13.3. The standard InChI is InChI=1S/C17H14F3N3O2/c1-4-9-23(15(24)11(2)3)10-12-5-7-13(8-6-12)14-21-16(25-22-14)17(18,19)20/h1,5-8H,2,9-10H2,3H3. The number of carbonyl (C=O) groups is 1. The number of rotatable bonds is 5. The van der Waals surface area contributed by atoms with Gasteiger partial charge in [0.2, 0.25) is 11.7 Å². The van der Waals surface area contributed by atoms with Crippen LogP contribution < -0.4 is 0 Å². The molecule has 0 fully saturated rings. The van der Waals surface area contributed by atoms with Gasteiger partial charge in [0, 0.05) is 17.7 Å². The van der Waals surface area contributed by atoms with E-state index < -0.39 is 12.1 Å². The monoisotopic (exact) mass is 349 g/mol. The van der Waals surface area contributed by atoms with Crippen LogP contribution >= 0.6 is 0 Å². The minimum atomic E-state index is -4.69. The predicted octanol–water partition coefficient (Wildman–Crippen LogP) is 3.29. The molecule has 0 spiro atoms. The molecule has 0 radical (unpaired) electrons. The Hall–Kier alpha value is -3.08. The van der Waals surface area contributed by atoms with E-state index in [1.807, 2.05) is 0 Å². The van der Waals surface area contributed by atoms with E-state index in [9.17, 15) is 18.0 Å². The van der Waals surface area contributed by atoms with E-state index in [-0.39, 0.29) is 24.8 Å². The quantitative estimate of drug-likeness (QED) is 0.614. The Bertz CT molecular complexity index is 817. The highest BCUT2D eigenvalue weighted by atomic mass is 19.4. The number of hydrogen-bond acceptors (Lipinski definition) is 4. The number of alkyl halides is 3. The molecule has 25 heavy (non-hydrogen) atoms. The van der Waals surface area contributed by atoms with E-state index in [0.29, 0.717) is 11.1 Å². The number of hydrogen-bond donors (Lipinski definition) is 0. The van der Waals surface area contributed by atoms with Crippen LogP contribution in [0.15, 0.2) is 40.9 Å². The van der Waals surface area contributed by atoms with Gasteiger partial charge >= 0.3 is 12.1 Å². The summed E-state index contributed by atoms with van der Waals surface area (Å²) >= 11 is 0. The highest BCUT2D eigenvalue weighted by Gasteiger charge is 2.38. The first-order valence-corrected chi connectivity index (χ1v) is 7.11. The highest BCUT2D eigenvalue weighted by molar-refractivity contribution is 5.92. The fourth-order valence-electron chi connectivity index (χ4n) is 2.02. The maximum absolute atomic E-state index is 12.5. The zero-order valence-corrected chi connectivity index (χ0v) is 13.3. The van der Waals surface area contributed by atoms with Crippen LogP contribution in [0.5, 0.6) is 0 Å². The molecular formula is C17H14F3N3O2. The van der Waals surface area contributed by atoms with Gasteiger partial charge in [0.25, 0.3) is 0 Å². The third-order valence-electron chi connectivity index (χ3n) is 3.19. The van der Waals surface area contributed by atoms with E-state index in [1.165, 1.54) is 4.90 Å². The van der Waals surface area contributed by atoms with Crippen molar-refractivity contribution >= 4 is 5.91 Å². The molecular weight excluding hydrogens is 335 g/mol. The van der Waals surface area contributed by atoms with E-state index in [4.69, 9.17) is 6.42 Å². The molecule has 0 aliphatic carbocycles. The Morgan fingerprint density at radius 2 is 2.00 bits per heavy atom. The molecule has 1 heterocycles. The maximum Gasteiger partial charge on any atom is 0.471 e. The molecule has 2 aromatic rings. The molecule has 0 bridgehead atoms. The van der Waals surface area contributed by atoms with Gasteiger partial charge < -0.3 is 9.42 Å². The third-order valence-corrected chi connectivity index (χ3v) is 3.19. The van der Waals surface area contributed by atoms with Gasteiger partial charge in [-0.1, -0.05) is 41.9 Å². The summed E-state index contributed by atoms with van der Waals surface area (Å²) < 4.78 is 41.6. The molecule has 0 N–H and O–H groups in total. The Labute approximate surface area is 142 Å². The first-order valence-electron chi connectivity index (χ1n) is 7.11. The number of aromatic nitrogens is 2. The fraction of sp³-hybridized carbons (Fsp3) is 0.235. The van der Waals surface area contributed by atoms with Crippen LogP contribution in [0, 0.1) is 12.3 Å². The molecule has 0 aliphatic heterocycles. The molecule has 130 valence electrons. The second kappa shape index (κ2) is 7.21. The lowest BCUT2D eigenvalue weighted by Gasteiger charge is -2.20. The summed E-state index contributed by atoms with van der Waals surface area (Å²) in [5.41, 5.74) is 1.46. The Balaban J connectivity index is 2.16. The van der Waals surface area contributed by atoms with Gasteiger partial charge in [-0.15, -0.1) is 6.42 Å². The van der Waals surface area contributed by atoms with Crippen LogP contribution in [-0.4, -0.2) is 27.5 Å². The van der Waals surface area contributed by atoms with Gasteiger partial charge in [0.05, 0.1) is 6.54 Å². The van der Waals surface area contributed by atoms with E-state index >= 15 is 0 Å². The second-order valence-electron chi connectivity index (χ2n) is 5.26. The van der Waals surface area contributed by atoms with E-state index in [1.54, 1.807) is 31.2 Å². The van der Waals surface area contributed by atoms with Crippen molar-refractivity contribution in [3.05, 3.63) is 47.9 Å². The van der Waals surface area contributed by atoms with E-state index in [0.717, 1.165) is 5.56 Å². The second-order valence-corrected chi connectivity index (χ2v) is 5.26. The molecule has 2 rings (SSSR count). The van der Waals surface area contributed by atoms with Crippen LogP contribution in [0.25, 0.3) is 11.4 Å². The van der Waals surface area contributed by atoms with Crippen LogP contribution in [0.1, 0.15) is 18.4 Å². The van der Waals surface area contributed by atoms with Crippen LogP contribution in [0.3, 0.4) is 0 Å². The van der Waals surface area contributed by atoms with Crippen molar-refractivity contribution in [2.24, 2.45) is 0 Å². The smallest absolute Gasteiger partial charge is 0.329 e. The number of amides is 1. The summed E-state index contributed by atoms with van der Waals surface area (Å²) in [6, 6.07) is 6.38. The molecule has 0 aliphatic rings. The summed E-state index contributed by atoms with van der Waals surface area (Å²) in [5.74, 6) is 0.561. The zero-order chi connectivity index (χ0) is 18.6. The van der Waals surface area contributed by atoms with Gasteiger partial charge in [-0.25, -0.2) is 0 Å². The van der Waals surface area contributed by atoms with Gasteiger partial charge in [-0.3, -0.25) is 4.79 Å².